The summed E-state index contributed by atoms with van der Waals surface area (Å²) in [6.45, 7) is 5.78. The van der Waals surface area contributed by atoms with Gasteiger partial charge < -0.3 is 14.6 Å². The normalized spacial score (nSPS) is 17.8. The van der Waals surface area contributed by atoms with Gasteiger partial charge in [0.2, 0.25) is 5.88 Å². The molecule has 0 aliphatic carbocycles. The van der Waals surface area contributed by atoms with Crippen molar-refractivity contribution in [2.75, 3.05) is 11.5 Å². The van der Waals surface area contributed by atoms with E-state index >= 15 is 0 Å². The second kappa shape index (κ2) is 9.08. The second-order valence-electron chi connectivity index (χ2n) is 8.52. The Hall–Kier alpha value is -3.02. The Kier molecular flexibility index (Phi) is 6.37. The Morgan fingerprint density at radius 1 is 1.18 bits per heavy atom. The summed E-state index contributed by atoms with van der Waals surface area (Å²) < 4.78 is 30.7. The lowest BCUT2D eigenvalue weighted by molar-refractivity contribution is 0.0892. The molecule has 0 radical (unpaired) electrons. The van der Waals surface area contributed by atoms with Crippen LogP contribution in [-0.4, -0.2) is 52.4 Å². The summed E-state index contributed by atoms with van der Waals surface area (Å²) in [7, 11) is -2.52. The monoisotopic (exact) mass is 473 g/mol. The second-order valence-corrected chi connectivity index (χ2v) is 10.9. The van der Waals surface area contributed by atoms with Crippen LogP contribution in [0.3, 0.4) is 0 Å². The van der Waals surface area contributed by atoms with Crippen molar-refractivity contribution in [3.63, 3.8) is 0 Å². The third-order valence-corrected chi connectivity index (χ3v) is 7.50. The van der Waals surface area contributed by atoms with Crippen LogP contribution < -0.4 is 10.1 Å². The van der Waals surface area contributed by atoms with Crippen LogP contribution in [0, 0.1) is 13.8 Å². The number of rotatable bonds is 6. The molecular weight excluding hydrogens is 446 g/mol. The van der Waals surface area contributed by atoms with Gasteiger partial charge in [0, 0.05) is 40.6 Å². The minimum absolute atomic E-state index is 0.160. The highest BCUT2D eigenvalue weighted by atomic mass is 32.3. The molecule has 1 fully saturated rings. The molecule has 3 N–H and O–H groups in total. The molecule has 1 saturated heterocycles. The predicted octanol–water partition coefficient (Wildman–Crippen LogP) is 3.76. The van der Waals surface area contributed by atoms with E-state index in [1.807, 2.05) is 26.0 Å². The van der Waals surface area contributed by atoms with Gasteiger partial charge in [0.05, 0.1) is 5.56 Å². The number of nitrogens with one attached hydrogen (secondary N) is 1. The molecule has 0 unspecified atom stereocenters. The largest absolute Gasteiger partial charge is 0.472 e. The first-order valence-electron chi connectivity index (χ1n) is 10.5. The number of pyridine rings is 1. The van der Waals surface area contributed by atoms with Gasteiger partial charge in [-0.25, -0.2) is 0 Å². The van der Waals surface area contributed by atoms with E-state index < -0.39 is 16.1 Å². The number of hydrogen-bond donors (Lipinski definition) is 3. The third kappa shape index (κ3) is 5.49. The highest BCUT2D eigenvalue weighted by Gasteiger charge is 2.35. The van der Waals surface area contributed by atoms with E-state index in [0.29, 0.717) is 24.3 Å². The molecule has 0 bridgehead atoms. The molecule has 11 heteroatoms. The lowest BCUT2D eigenvalue weighted by atomic mass is 9.94. The number of ether oxygens (including phenoxy) is 1. The Labute approximate surface area is 193 Å². The summed E-state index contributed by atoms with van der Waals surface area (Å²) in [4.78, 5) is 16.9. The van der Waals surface area contributed by atoms with Crippen LogP contribution in [0.5, 0.6) is 5.88 Å². The van der Waals surface area contributed by atoms with Gasteiger partial charge in [0.15, 0.2) is 5.69 Å². The molecule has 0 aromatic carbocycles. The van der Waals surface area contributed by atoms with Crippen LogP contribution in [0.25, 0.3) is 11.3 Å². The fraction of sp³-hybridized carbons (Fsp3) is 0.409. The van der Waals surface area contributed by atoms with Crippen molar-refractivity contribution in [1.82, 2.24) is 25.7 Å². The molecule has 176 valence electrons. The first-order chi connectivity index (χ1) is 15.6. The van der Waals surface area contributed by atoms with E-state index in [1.54, 1.807) is 25.3 Å². The molecule has 3 aromatic heterocycles. The molecule has 10 nitrogen and oxygen atoms in total. The van der Waals surface area contributed by atoms with Crippen LogP contribution in [0.2, 0.25) is 0 Å². The highest BCUT2D eigenvalue weighted by Crippen LogP contribution is 2.46. The van der Waals surface area contributed by atoms with Gasteiger partial charge in [-0.3, -0.25) is 18.9 Å². The Morgan fingerprint density at radius 3 is 2.58 bits per heavy atom. The zero-order valence-corrected chi connectivity index (χ0v) is 19.6. The topological polar surface area (TPSA) is 143 Å². The van der Waals surface area contributed by atoms with Crippen molar-refractivity contribution in [3.8, 4) is 17.1 Å². The molecule has 0 atom stereocenters. The van der Waals surface area contributed by atoms with Gasteiger partial charge in [0.25, 0.3) is 5.91 Å². The van der Waals surface area contributed by atoms with E-state index in [4.69, 9.17) is 9.26 Å². The summed E-state index contributed by atoms with van der Waals surface area (Å²) in [6.07, 6.45) is 2.72. The maximum atomic E-state index is 12.6. The lowest BCUT2D eigenvalue weighted by Crippen LogP contribution is -2.50. The number of aryl methyl sites for hydroxylation is 2. The highest BCUT2D eigenvalue weighted by molar-refractivity contribution is 8.24. The first-order valence-corrected chi connectivity index (χ1v) is 12.4. The minimum atomic E-state index is -2.52. The maximum absolute atomic E-state index is 12.6. The summed E-state index contributed by atoms with van der Waals surface area (Å²) >= 11 is 0. The quantitative estimate of drug-likeness (QED) is 0.487. The molecule has 3 aromatic rings. The van der Waals surface area contributed by atoms with Crippen LogP contribution in [0.1, 0.15) is 47.3 Å². The van der Waals surface area contributed by atoms with Gasteiger partial charge in [-0.05, 0) is 51.8 Å². The van der Waals surface area contributed by atoms with E-state index in [-0.39, 0.29) is 35.6 Å². The van der Waals surface area contributed by atoms with Gasteiger partial charge in [-0.15, -0.1) is 10.2 Å². The minimum Gasteiger partial charge on any atom is -0.472 e. The van der Waals surface area contributed by atoms with Gasteiger partial charge in [0.1, 0.15) is 18.1 Å². The van der Waals surface area contributed by atoms with Crippen LogP contribution in [0.15, 0.2) is 35.0 Å². The SMILES string of the molecule is Cc1ccc(-c2noc(C)c2COc2ccc(C(=O)NC3(C)CCS(O)(O)CC3)nn2)cn1. The first kappa shape index (κ1) is 23.1. The fourth-order valence-electron chi connectivity index (χ4n) is 3.53. The summed E-state index contributed by atoms with van der Waals surface area (Å²) in [6, 6.07) is 6.95. The lowest BCUT2D eigenvalue weighted by Gasteiger charge is -2.44. The van der Waals surface area contributed by atoms with E-state index in [2.05, 4.69) is 25.7 Å². The number of hydrogen-bond acceptors (Lipinski definition) is 9. The van der Waals surface area contributed by atoms with Crippen molar-refractivity contribution in [3.05, 3.63) is 53.2 Å². The average molecular weight is 474 g/mol. The average Bonchev–Trinajstić information content (AvgIpc) is 3.16. The number of carbonyl (C=O) groups is 1. The maximum Gasteiger partial charge on any atom is 0.272 e. The van der Waals surface area contributed by atoms with Crippen molar-refractivity contribution in [2.45, 2.75) is 45.8 Å². The molecule has 1 amide bonds. The van der Waals surface area contributed by atoms with E-state index in [9.17, 15) is 13.9 Å². The van der Waals surface area contributed by atoms with Crippen LogP contribution >= 0.6 is 10.6 Å². The van der Waals surface area contributed by atoms with Gasteiger partial charge >= 0.3 is 0 Å². The van der Waals surface area contributed by atoms with Crippen molar-refractivity contribution < 1.29 is 23.2 Å². The number of carbonyl (C=O) groups excluding carboxylic acids is 1. The third-order valence-electron chi connectivity index (χ3n) is 5.78. The molecule has 33 heavy (non-hydrogen) atoms. The predicted molar refractivity (Wildman–Crippen MR) is 123 cm³/mol. The van der Waals surface area contributed by atoms with Gasteiger partial charge in [-0.1, -0.05) is 5.16 Å². The zero-order valence-electron chi connectivity index (χ0n) is 18.7. The summed E-state index contributed by atoms with van der Waals surface area (Å²) in [5.41, 5.74) is 2.81. The van der Waals surface area contributed by atoms with Crippen molar-refractivity contribution in [2.24, 2.45) is 0 Å². The Morgan fingerprint density at radius 2 is 1.94 bits per heavy atom. The van der Waals surface area contributed by atoms with Crippen LogP contribution in [-0.2, 0) is 6.61 Å². The summed E-state index contributed by atoms with van der Waals surface area (Å²) in [5.74, 6) is 1.10. The Bertz CT molecular complexity index is 1120. The van der Waals surface area contributed by atoms with Crippen molar-refractivity contribution in [1.29, 1.82) is 0 Å². The summed E-state index contributed by atoms with van der Waals surface area (Å²) in [5, 5.41) is 15.1. The van der Waals surface area contributed by atoms with Gasteiger partial charge in [-0.2, -0.15) is 10.6 Å². The standard InChI is InChI=1S/C22H27N5O5S/c1-14-4-5-16(12-23-14)20-17(15(2)32-27-20)13-31-19-7-6-18(25-26-19)21(28)24-22(3)8-10-33(29,30)11-9-22/h4-7,12,29-30H,8-11,13H2,1-3H3,(H,24,28). The van der Waals surface area contributed by atoms with Crippen LogP contribution in [0.4, 0.5) is 0 Å². The Balaban J connectivity index is 1.38. The smallest absolute Gasteiger partial charge is 0.272 e. The van der Waals surface area contributed by atoms with E-state index in [0.717, 1.165) is 16.8 Å². The van der Waals surface area contributed by atoms with E-state index in [1.165, 1.54) is 0 Å². The fourth-order valence-corrected chi connectivity index (χ4v) is 5.29. The number of amides is 1. The molecule has 4 rings (SSSR count). The molecule has 0 spiro atoms. The number of nitrogens with zero attached hydrogens (tertiary/aromatic N) is 4. The number of aromatic nitrogens is 4. The zero-order chi connectivity index (χ0) is 23.6. The molecule has 1 aliphatic heterocycles. The molecule has 0 saturated carbocycles. The molecule has 4 heterocycles. The molecular formula is C22H27N5O5S. The van der Waals surface area contributed by atoms with Crippen molar-refractivity contribution >= 4 is 16.5 Å². The molecule has 1 aliphatic rings.